The van der Waals surface area contributed by atoms with Crippen LogP contribution in [-0.2, 0) is 10.0 Å². The largest absolute Gasteiger partial charge is 0.240 e. The van der Waals surface area contributed by atoms with Gasteiger partial charge in [-0.1, -0.05) is 33.1 Å². The van der Waals surface area contributed by atoms with E-state index in [-0.39, 0.29) is 16.5 Å². The maximum atomic E-state index is 13.3. The average Bonchev–Trinajstić information content (AvgIpc) is 2.45. The van der Waals surface area contributed by atoms with Gasteiger partial charge in [-0.25, -0.2) is 17.5 Å². The molecule has 1 aromatic carbocycles. The molecule has 0 aromatic heterocycles. The van der Waals surface area contributed by atoms with Gasteiger partial charge in [0.15, 0.2) is 0 Å². The number of nitrogens with zero attached hydrogens (tertiary/aromatic N) is 1. The zero-order chi connectivity index (χ0) is 15.9. The third kappa shape index (κ3) is 5.10. The summed E-state index contributed by atoms with van der Waals surface area (Å²) in [6.45, 7) is 4.05. The van der Waals surface area contributed by atoms with Gasteiger partial charge in [-0.05, 0) is 31.0 Å². The Morgan fingerprint density at radius 3 is 2.57 bits per heavy atom. The van der Waals surface area contributed by atoms with E-state index in [0.29, 0.717) is 0 Å². The Morgan fingerprint density at radius 2 is 2.00 bits per heavy atom. The molecule has 0 aliphatic carbocycles. The van der Waals surface area contributed by atoms with Gasteiger partial charge in [-0.2, -0.15) is 5.26 Å². The van der Waals surface area contributed by atoms with E-state index < -0.39 is 15.8 Å². The van der Waals surface area contributed by atoms with E-state index in [1.165, 1.54) is 6.07 Å². The van der Waals surface area contributed by atoms with E-state index in [1.54, 1.807) is 6.07 Å². The Labute approximate surface area is 126 Å². The molecule has 6 heteroatoms. The lowest BCUT2D eigenvalue weighted by Crippen LogP contribution is -2.34. The van der Waals surface area contributed by atoms with Crippen molar-refractivity contribution in [1.29, 1.82) is 5.26 Å². The fraction of sp³-hybridized carbons (Fsp3) is 0.533. The molecular weight excluding hydrogens is 291 g/mol. The highest BCUT2D eigenvalue weighted by molar-refractivity contribution is 7.89. The van der Waals surface area contributed by atoms with Crippen LogP contribution in [0.3, 0.4) is 0 Å². The molecule has 1 N–H and O–H groups in total. The van der Waals surface area contributed by atoms with Crippen molar-refractivity contribution in [2.24, 2.45) is 0 Å². The molecule has 0 bridgehead atoms. The summed E-state index contributed by atoms with van der Waals surface area (Å²) in [7, 11) is -3.73. The van der Waals surface area contributed by atoms with Crippen LogP contribution in [0.5, 0.6) is 0 Å². The van der Waals surface area contributed by atoms with Gasteiger partial charge in [-0.15, -0.1) is 0 Å². The number of benzene rings is 1. The quantitative estimate of drug-likeness (QED) is 0.800. The second-order valence-corrected chi connectivity index (χ2v) is 6.72. The summed E-state index contributed by atoms with van der Waals surface area (Å²) in [5.74, 6) is -0.715. The van der Waals surface area contributed by atoms with E-state index in [1.807, 2.05) is 6.92 Å². The van der Waals surface area contributed by atoms with Crippen molar-refractivity contribution in [2.45, 2.75) is 56.9 Å². The Morgan fingerprint density at radius 1 is 1.29 bits per heavy atom. The summed E-state index contributed by atoms with van der Waals surface area (Å²) in [5, 5.41) is 8.79. The number of nitriles is 1. The first-order valence-electron chi connectivity index (χ1n) is 7.16. The fourth-order valence-electron chi connectivity index (χ4n) is 2.11. The van der Waals surface area contributed by atoms with Crippen LogP contribution in [0.2, 0.25) is 0 Å². The molecule has 0 radical (unpaired) electrons. The van der Waals surface area contributed by atoms with Gasteiger partial charge < -0.3 is 0 Å². The lowest BCUT2D eigenvalue weighted by molar-refractivity contribution is 0.483. The van der Waals surface area contributed by atoms with Crippen molar-refractivity contribution in [1.82, 2.24) is 4.72 Å². The highest BCUT2D eigenvalue weighted by Gasteiger charge is 2.20. The van der Waals surface area contributed by atoms with E-state index in [9.17, 15) is 12.8 Å². The first-order valence-corrected chi connectivity index (χ1v) is 8.64. The molecule has 0 heterocycles. The molecule has 0 aliphatic rings. The van der Waals surface area contributed by atoms with Gasteiger partial charge in [0.25, 0.3) is 0 Å². The summed E-state index contributed by atoms with van der Waals surface area (Å²) < 4.78 is 40.6. The molecule has 4 nitrogen and oxygen atoms in total. The Balaban J connectivity index is 2.96. The summed E-state index contributed by atoms with van der Waals surface area (Å²) in [6, 6.07) is 4.78. The van der Waals surface area contributed by atoms with Crippen LogP contribution in [0.25, 0.3) is 0 Å². The van der Waals surface area contributed by atoms with Crippen molar-refractivity contribution in [3.05, 3.63) is 29.6 Å². The monoisotopic (exact) mass is 312 g/mol. The summed E-state index contributed by atoms with van der Waals surface area (Å²) in [6.07, 6.45) is 4.35. The molecule has 0 saturated carbocycles. The van der Waals surface area contributed by atoms with Gasteiger partial charge in [0.05, 0.1) is 10.5 Å². The summed E-state index contributed by atoms with van der Waals surface area (Å²) in [5.41, 5.74) is -0.265. The summed E-state index contributed by atoms with van der Waals surface area (Å²) >= 11 is 0. The van der Waals surface area contributed by atoms with Gasteiger partial charge in [0.2, 0.25) is 10.0 Å². The van der Waals surface area contributed by atoms with Crippen molar-refractivity contribution < 1.29 is 12.8 Å². The molecule has 21 heavy (non-hydrogen) atoms. The van der Waals surface area contributed by atoms with Gasteiger partial charge >= 0.3 is 0 Å². The van der Waals surface area contributed by atoms with Gasteiger partial charge in [0, 0.05) is 6.04 Å². The van der Waals surface area contributed by atoms with Crippen molar-refractivity contribution in [3.8, 4) is 6.07 Å². The number of hydrogen-bond donors (Lipinski definition) is 1. The minimum absolute atomic E-state index is 0.0712. The lowest BCUT2D eigenvalue weighted by atomic mass is 10.1. The zero-order valence-corrected chi connectivity index (χ0v) is 13.2. The van der Waals surface area contributed by atoms with E-state index in [2.05, 4.69) is 11.6 Å². The van der Waals surface area contributed by atoms with Crippen LogP contribution in [-0.4, -0.2) is 14.5 Å². The maximum Gasteiger partial charge on any atom is 0.240 e. The van der Waals surface area contributed by atoms with Crippen LogP contribution < -0.4 is 4.72 Å². The molecule has 0 aliphatic heterocycles. The maximum absolute atomic E-state index is 13.3. The molecule has 1 atom stereocenters. The third-order valence-corrected chi connectivity index (χ3v) is 4.75. The van der Waals surface area contributed by atoms with Crippen molar-refractivity contribution >= 4 is 10.0 Å². The number of unbranched alkanes of at least 4 members (excludes halogenated alkanes) is 1. The number of hydrogen-bond acceptors (Lipinski definition) is 3. The lowest BCUT2D eigenvalue weighted by Gasteiger charge is -2.18. The molecule has 0 spiro atoms. The van der Waals surface area contributed by atoms with Crippen LogP contribution in [0.4, 0.5) is 4.39 Å². The van der Waals surface area contributed by atoms with Crippen LogP contribution in [0.1, 0.15) is 51.5 Å². The second kappa shape index (κ2) is 8.11. The Hall–Kier alpha value is -1.45. The molecule has 1 aromatic rings. The SMILES string of the molecule is CCCCC(CCC)NS(=O)(=O)c1ccc(F)c(C#N)c1. The molecule has 1 rings (SSSR count). The van der Waals surface area contributed by atoms with Crippen LogP contribution in [0, 0.1) is 17.1 Å². The van der Waals surface area contributed by atoms with Crippen LogP contribution in [0.15, 0.2) is 23.1 Å². The van der Waals surface area contributed by atoms with E-state index >= 15 is 0 Å². The molecule has 0 fully saturated rings. The van der Waals surface area contributed by atoms with Crippen molar-refractivity contribution in [3.63, 3.8) is 0 Å². The average molecular weight is 312 g/mol. The van der Waals surface area contributed by atoms with Crippen molar-refractivity contribution in [2.75, 3.05) is 0 Å². The smallest absolute Gasteiger partial charge is 0.208 e. The summed E-state index contributed by atoms with van der Waals surface area (Å²) in [4.78, 5) is -0.0712. The topological polar surface area (TPSA) is 70.0 Å². The molecule has 0 amide bonds. The van der Waals surface area contributed by atoms with E-state index in [4.69, 9.17) is 5.26 Å². The number of rotatable bonds is 8. The van der Waals surface area contributed by atoms with Crippen LogP contribution >= 0.6 is 0 Å². The standard InChI is InChI=1S/C15H21FN2O2S/c1-3-5-7-13(6-4-2)18-21(19,20)14-8-9-15(16)12(10-14)11-17/h8-10,13,18H,3-7H2,1-2H3. The molecule has 116 valence electrons. The Bertz CT molecular complexity index is 609. The first-order chi connectivity index (χ1) is 9.94. The van der Waals surface area contributed by atoms with Gasteiger partial charge in [0.1, 0.15) is 11.9 Å². The highest BCUT2D eigenvalue weighted by atomic mass is 32.2. The minimum Gasteiger partial charge on any atom is -0.208 e. The molecule has 1 unspecified atom stereocenters. The second-order valence-electron chi connectivity index (χ2n) is 5.00. The minimum atomic E-state index is -3.73. The fourth-order valence-corrected chi connectivity index (χ4v) is 3.44. The van der Waals surface area contributed by atoms with E-state index in [0.717, 1.165) is 44.2 Å². The predicted octanol–water partition coefficient (Wildman–Crippen LogP) is 3.33. The molecule has 0 saturated heterocycles. The van der Waals surface area contributed by atoms with Gasteiger partial charge in [-0.3, -0.25) is 0 Å². The number of nitrogens with one attached hydrogen (secondary N) is 1. The highest BCUT2D eigenvalue weighted by Crippen LogP contribution is 2.17. The normalized spacial score (nSPS) is 12.9. The predicted molar refractivity (Wildman–Crippen MR) is 79.7 cm³/mol. The number of halogens is 1. The first kappa shape index (κ1) is 17.6. The number of sulfonamides is 1. The Kier molecular flexibility index (Phi) is 6.79. The third-order valence-electron chi connectivity index (χ3n) is 3.23. The molecular formula is C15H21FN2O2S. The zero-order valence-electron chi connectivity index (χ0n) is 12.4.